The maximum Gasteiger partial charge on any atom is 0.216 e. The summed E-state index contributed by atoms with van der Waals surface area (Å²) in [4.78, 5) is 12.8. The smallest absolute Gasteiger partial charge is 0.216 e. The highest BCUT2D eigenvalue weighted by atomic mass is 32.2. The number of rotatable bonds is 7. The molecule has 0 unspecified atom stereocenters. The van der Waals surface area contributed by atoms with E-state index >= 15 is 0 Å². The van der Waals surface area contributed by atoms with Gasteiger partial charge in [-0.15, -0.1) is 0 Å². The summed E-state index contributed by atoms with van der Waals surface area (Å²) in [7, 11) is -1.69. The van der Waals surface area contributed by atoms with Gasteiger partial charge < -0.3 is 4.57 Å². The number of ketones is 1. The molecule has 140 valence electrons. The highest BCUT2D eigenvalue weighted by Crippen LogP contribution is 2.18. The van der Waals surface area contributed by atoms with Crippen molar-refractivity contribution >= 4 is 15.8 Å². The van der Waals surface area contributed by atoms with Crippen LogP contribution in [0.4, 0.5) is 0 Å². The SMILES string of the molecule is Cc1cc(CNS(=O)(=O)Cc2ccccc2)n(C)c1C(=O)c1ccccc1. The van der Waals surface area contributed by atoms with Crippen LogP contribution in [0.3, 0.4) is 0 Å². The predicted molar refractivity (Wildman–Crippen MR) is 106 cm³/mol. The van der Waals surface area contributed by atoms with Crippen molar-refractivity contribution in [3.63, 3.8) is 0 Å². The number of benzene rings is 2. The standard InChI is InChI=1S/C21H22N2O3S/c1-16-13-19(14-22-27(25,26)15-17-9-5-3-6-10-17)23(2)20(16)21(24)18-11-7-4-8-12-18/h3-13,22H,14-15H2,1-2H3. The van der Waals surface area contributed by atoms with Crippen LogP contribution in [0.2, 0.25) is 0 Å². The van der Waals surface area contributed by atoms with Crippen LogP contribution in [-0.2, 0) is 29.4 Å². The number of aryl methyl sites for hydroxylation is 1. The van der Waals surface area contributed by atoms with Gasteiger partial charge in [-0.3, -0.25) is 4.79 Å². The van der Waals surface area contributed by atoms with E-state index in [1.54, 1.807) is 35.9 Å². The molecule has 3 rings (SSSR count). The van der Waals surface area contributed by atoms with Gasteiger partial charge >= 0.3 is 0 Å². The molecule has 0 radical (unpaired) electrons. The molecule has 0 spiro atoms. The summed E-state index contributed by atoms with van der Waals surface area (Å²) in [5, 5.41) is 0. The van der Waals surface area contributed by atoms with Crippen molar-refractivity contribution in [3.05, 3.63) is 94.8 Å². The van der Waals surface area contributed by atoms with Gasteiger partial charge in [-0.2, -0.15) is 0 Å². The molecule has 0 saturated carbocycles. The van der Waals surface area contributed by atoms with E-state index in [9.17, 15) is 13.2 Å². The van der Waals surface area contributed by atoms with Gasteiger partial charge in [0.2, 0.25) is 15.8 Å². The van der Waals surface area contributed by atoms with Gasteiger partial charge in [0.25, 0.3) is 0 Å². The second kappa shape index (κ2) is 7.90. The summed E-state index contributed by atoms with van der Waals surface area (Å²) in [6.07, 6.45) is 0. The van der Waals surface area contributed by atoms with Gasteiger partial charge in [0, 0.05) is 18.3 Å². The van der Waals surface area contributed by atoms with Crippen molar-refractivity contribution in [2.45, 2.75) is 19.2 Å². The summed E-state index contributed by atoms with van der Waals surface area (Å²) < 4.78 is 29.1. The molecule has 1 N–H and O–H groups in total. The van der Waals surface area contributed by atoms with E-state index in [1.165, 1.54) is 0 Å². The first-order chi connectivity index (χ1) is 12.9. The number of hydrogen-bond donors (Lipinski definition) is 1. The van der Waals surface area contributed by atoms with Crippen LogP contribution >= 0.6 is 0 Å². The van der Waals surface area contributed by atoms with Gasteiger partial charge in [0.1, 0.15) is 0 Å². The van der Waals surface area contributed by atoms with Gasteiger partial charge in [-0.05, 0) is 24.1 Å². The van der Waals surface area contributed by atoms with Crippen molar-refractivity contribution < 1.29 is 13.2 Å². The summed E-state index contributed by atoms with van der Waals surface area (Å²) in [6.45, 7) is 1.99. The van der Waals surface area contributed by atoms with Gasteiger partial charge in [0.15, 0.2) is 0 Å². The zero-order valence-electron chi connectivity index (χ0n) is 15.3. The Morgan fingerprint density at radius 1 is 1.00 bits per heavy atom. The Bertz CT molecular complexity index is 1040. The van der Waals surface area contributed by atoms with Crippen molar-refractivity contribution in [2.24, 2.45) is 7.05 Å². The van der Waals surface area contributed by atoms with E-state index < -0.39 is 10.0 Å². The summed E-state index contributed by atoms with van der Waals surface area (Å²) in [5.41, 5.74) is 3.47. The maximum absolute atomic E-state index is 12.8. The van der Waals surface area contributed by atoms with Gasteiger partial charge in [-0.25, -0.2) is 13.1 Å². The predicted octanol–water partition coefficient (Wildman–Crippen LogP) is 3.18. The molecule has 3 aromatic rings. The fourth-order valence-electron chi connectivity index (χ4n) is 3.08. The molecule has 0 amide bonds. The van der Waals surface area contributed by atoms with Crippen molar-refractivity contribution in [1.82, 2.24) is 9.29 Å². The second-order valence-electron chi connectivity index (χ2n) is 6.49. The maximum atomic E-state index is 12.8. The fraction of sp³-hybridized carbons (Fsp3) is 0.190. The first-order valence-electron chi connectivity index (χ1n) is 8.63. The zero-order chi connectivity index (χ0) is 19.4. The average molecular weight is 382 g/mol. The van der Waals surface area contributed by atoms with Crippen LogP contribution in [-0.4, -0.2) is 18.8 Å². The molecule has 0 saturated heterocycles. The minimum absolute atomic E-state index is 0.0750. The molecule has 1 aromatic heterocycles. The van der Waals surface area contributed by atoms with Crippen molar-refractivity contribution in [2.75, 3.05) is 0 Å². The third-order valence-electron chi connectivity index (χ3n) is 4.45. The third kappa shape index (κ3) is 4.53. The van der Waals surface area contributed by atoms with Crippen LogP contribution in [0.25, 0.3) is 0 Å². The van der Waals surface area contributed by atoms with Crippen molar-refractivity contribution in [1.29, 1.82) is 0 Å². The van der Waals surface area contributed by atoms with Gasteiger partial charge in [-0.1, -0.05) is 60.7 Å². The molecule has 1 heterocycles. The third-order valence-corrected chi connectivity index (χ3v) is 5.74. The lowest BCUT2D eigenvalue weighted by atomic mass is 10.1. The number of nitrogens with zero attached hydrogens (tertiary/aromatic N) is 1. The Balaban J connectivity index is 1.76. The van der Waals surface area contributed by atoms with E-state index in [2.05, 4.69) is 4.72 Å². The Morgan fingerprint density at radius 3 is 2.22 bits per heavy atom. The average Bonchev–Trinajstić information content (AvgIpc) is 2.94. The van der Waals surface area contributed by atoms with E-state index in [0.29, 0.717) is 11.3 Å². The van der Waals surface area contributed by atoms with E-state index in [1.807, 2.05) is 49.4 Å². The van der Waals surface area contributed by atoms with E-state index in [4.69, 9.17) is 0 Å². The van der Waals surface area contributed by atoms with E-state index in [-0.39, 0.29) is 18.1 Å². The topological polar surface area (TPSA) is 68.2 Å². The monoisotopic (exact) mass is 382 g/mol. The first kappa shape index (κ1) is 19.1. The zero-order valence-corrected chi connectivity index (χ0v) is 16.2. The first-order valence-corrected chi connectivity index (χ1v) is 10.3. The molecule has 27 heavy (non-hydrogen) atoms. The van der Waals surface area contributed by atoms with Crippen LogP contribution in [0.1, 0.15) is 32.9 Å². The molecule has 6 heteroatoms. The van der Waals surface area contributed by atoms with Crippen molar-refractivity contribution in [3.8, 4) is 0 Å². The second-order valence-corrected chi connectivity index (χ2v) is 8.29. The molecule has 0 aliphatic carbocycles. The number of sulfonamides is 1. The lowest BCUT2D eigenvalue weighted by Crippen LogP contribution is -2.26. The molecule has 0 atom stereocenters. The highest BCUT2D eigenvalue weighted by molar-refractivity contribution is 7.88. The molecule has 0 fully saturated rings. The molecule has 0 bridgehead atoms. The van der Waals surface area contributed by atoms with Crippen LogP contribution < -0.4 is 4.72 Å². The minimum atomic E-state index is -3.47. The quantitative estimate of drug-likeness (QED) is 0.638. The molecule has 0 aliphatic heterocycles. The normalized spacial score (nSPS) is 11.5. The highest BCUT2D eigenvalue weighted by Gasteiger charge is 2.19. The summed E-state index contributed by atoms with van der Waals surface area (Å²) in [6, 6.07) is 19.9. The Kier molecular flexibility index (Phi) is 5.58. The Morgan fingerprint density at radius 2 is 1.59 bits per heavy atom. The van der Waals surface area contributed by atoms with Crippen LogP contribution in [0.5, 0.6) is 0 Å². The fourth-order valence-corrected chi connectivity index (χ4v) is 4.18. The number of nitrogens with one attached hydrogen (secondary N) is 1. The lowest BCUT2D eigenvalue weighted by molar-refractivity contribution is 0.103. The minimum Gasteiger partial charge on any atom is -0.343 e. The lowest BCUT2D eigenvalue weighted by Gasteiger charge is -2.10. The summed E-state index contributed by atoms with van der Waals surface area (Å²) in [5.74, 6) is -0.151. The Hall–Kier alpha value is -2.70. The Labute approximate surface area is 159 Å². The van der Waals surface area contributed by atoms with Crippen LogP contribution in [0.15, 0.2) is 66.7 Å². The number of hydrogen-bond acceptors (Lipinski definition) is 3. The largest absolute Gasteiger partial charge is 0.343 e. The van der Waals surface area contributed by atoms with Gasteiger partial charge in [0.05, 0.1) is 18.0 Å². The number of carbonyl (C=O) groups is 1. The molecule has 2 aromatic carbocycles. The van der Waals surface area contributed by atoms with E-state index in [0.717, 1.165) is 16.8 Å². The van der Waals surface area contributed by atoms with Crippen LogP contribution in [0, 0.1) is 6.92 Å². The molecular weight excluding hydrogens is 360 g/mol. The molecule has 0 aliphatic rings. The molecule has 5 nitrogen and oxygen atoms in total. The molecular formula is C21H22N2O3S. The summed E-state index contributed by atoms with van der Waals surface area (Å²) >= 11 is 0. The number of aromatic nitrogens is 1. The number of carbonyl (C=O) groups excluding carboxylic acids is 1.